The molecule has 0 unspecified atom stereocenters. The number of aromatic nitrogens is 1. The predicted molar refractivity (Wildman–Crippen MR) is 93.8 cm³/mol. The molecule has 1 aliphatic heterocycles. The van der Waals surface area contributed by atoms with Crippen molar-refractivity contribution in [3.05, 3.63) is 36.0 Å². The van der Waals surface area contributed by atoms with Gasteiger partial charge in [0.05, 0.1) is 0 Å². The van der Waals surface area contributed by atoms with Crippen LogP contribution in [0.4, 0.5) is 0 Å². The van der Waals surface area contributed by atoms with Gasteiger partial charge in [-0.3, -0.25) is 0 Å². The fourth-order valence-electron chi connectivity index (χ4n) is 3.47. The molecule has 0 bridgehead atoms. The minimum absolute atomic E-state index is 0.183. The summed E-state index contributed by atoms with van der Waals surface area (Å²) in [5.74, 6) is 0. The van der Waals surface area contributed by atoms with Crippen LogP contribution in [0.15, 0.2) is 30.5 Å². The van der Waals surface area contributed by atoms with E-state index in [0.717, 1.165) is 11.9 Å². The first-order chi connectivity index (χ1) is 10.3. The topological polar surface area (TPSA) is 51.3 Å². The Morgan fingerprint density at radius 3 is 2.73 bits per heavy atom. The number of rotatable bonds is 3. The zero-order chi connectivity index (χ0) is 16.0. The highest BCUT2D eigenvalue weighted by Crippen LogP contribution is 2.30. The van der Waals surface area contributed by atoms with E-state index in [9.17, 15) is 5.11 Å². The summed E-state index contributed by atoms with van der Waals surface area (Å²) in [6.07, 6.45) is 3.51. The van der Waals surface area contributed by atoms with Crippen LogP contribution in [0.1, 0.15) is 32.8 Å². The second kappa shape index (κ2) is 5.25. The summed E-state index contributed by atoms with van der Waals surface area (Å²) in [6, 6.07) is 8.27. The number of aromatic amines is 1. The Kier molecular flexibility index (Phi) is 3.65. The molecule has 1 fully saturated rings. The highest BCUT2D eigenvalue weighted by Gasteiger charge is 2.42. The van der Waals surface area contributed by atoms with Gasteiger partial charge in [-0.2, -0.15) is 0 Å². The fourth-order valence-corrected chi connectivity index (χ4v) is 4.03. The Labute approximate surface area is 136 Å². The van der Waals surface area contributed by atoms with Gasteiger partial charge >= 0.3 is 0 Å². The molecule has 1 aliphatic rings. The summed E-state index contributed by atoms with van der Waals surface area (Å²) in [4.78, 5) is 5.19. The Bertz CT molecular complexity index is 705. The minimum atomic E-state index is -0.919. The van der Waals surface area contributed by atoms with E-state index < -0.39 is 5.72 Å². The summed E-state index contributed by atoms with van der Waals surface area (Å²) in [5, 5.41) is 16.0. The van der Waals surface area contributed by atoms with Crippen LogP contribution in [0.25, 0.3) is 10.9 Å². The van der Waals surface area contributed by atoms with Crippen molar-refractivity contribution in [2.24, 2.45) is 0 Å². The summed E-state index contributed by atoms with van der Waals surface area (Å²) < 4.78 is 0. The quantitative estimate of drug-likeness (QED) is 0.762. The van der Waals surface area contributed by atoms with Gasteiger partial charge in [0.25, 0.3) is 0 Å². The first kappa shape index (κ1) is 15.3. The number of thiocarbonyl (C=S) groups is 1. The molecule has 3 rings (SSSR count). The van der Waals surface area contributed by atoms with Gasteiger partial charge in [-0.1, -0.05) is 18.2 Å². The van der Waals surface area contributed by atoms with Gasteiger partial charge in [-0.15, -0.1) is 0 Å². The number of para-hydroxylation sites is 1. The van der Waals surface area contributed by atoms with Crippen LogP contribution in [-0.2, 0) is 6.42 Å². The molecule has 2 heterocycles. The van der Waals surface area contributed by atoms with Gasteiger partial charge < -0.3 is 20.3 Å². The van der Waals surface area contributed by atoms with Crippen LogP contribution >= 0.6 is 12.2 Å². The van der Waals surface area contributed by atoms with Crippen molar-refractivity contribution < 1.29 is 5.11 Å². The Hall–Kier alpha value is -1.59. The number of fused-ring (bicyclic) bond motifs is 1. The van der Waals surface area contributed by atoms with Crippen molar-refractivity contribution in [1.82, 2.24) is 15.2 Å². The zero-order valence-corrected chi connectivity index (χ0v) is 14.1. The molecule has 118 valence electrons. The Morgan fingerprint density at radius 1 is 1.27 bits per heavy atom. The maximum Gasteiger partial charge on any atom is 0.171 e. The van der Waals surface area contributed by atoms with Gasteiger partial charge in [-0.25, -0.2) is 0 Å². The van der Waals surface area contributed by atoms with Crippen LogP contribution in [-0.4, -0.2) is 37.9 Å². The molecule has 1 aromatic carbocycles. The van der Waals surface area contributed by atoms with Crippen molar-refractivity contribution in [3.8, 4) is 0 Å². The number of aliphatic hydroxyl groups is 1. The van der Waals surface area contributed by atoms with Crippen LogP contribution < -0.4 is 5.32 Å². The van der Waals surface area contributed by atoms with Crippen LogP contribution in [0.2, 0.25) is 0 Å². The van der Waals surface area contributed by atoms with Crippen molar-refractivity contribution in [2.45, 2.75) is 44.9 Å². The maximum absolute atomic E-state index is 10.8. The van der Waals surface area contributed by atoms with Crippen molar-refractivity contribution in [2.75, 3.05) is 6.54 Å². The largest absolute Gasteiger partial charge is 0.371 e. The first-order valence-electron chi connectivity index (χ1n) is 7.66. The summed E-state index contributed by atoms with van der Waals surface area (Å²) in [6.45, 7) is 6.66. The molecule has 4 nitrogen and oxygen atoms in total. The van der Waals surface area contributed by atoms with Crippen molar-refractivity contribution in [1.29, 1.82) is 0 Å². The Balaban J connectivity index is 1.77. The molecule has 1 aromatic heterocycles. The van der Waals surface area contributed by atoms with Gasteiger partial charge in [0, 0.05) is 35.6 Å². The summed E-state index contributed by atoms with van der Waals surface area (Å²) in [7, 11) is 0. The SMILES string of the molecule is CC1(C)C[C@@](C)(O)N(CCc2c[nH]c3ccccc23)C(=S)N1. The third-order valence-corrected chi connectivity index (χ3v) is 4.65. The lowest BCUT2D eigenvalue weighted by atomic mass is 9.90. The molecule has 2 aromatic rings. The highest BCUT2D eigenvalue weighted by molar-refractivity contribution is 7.80. The van der Waals surface area contributed by atoms with E-state index in [1.807, 2.05) is 30.2 Å². The average Bonchev–Trinajstić information content (AvgIpc) is 2.79. The Morgan fingerprint density at radius 2 is 2.00 bits per heavy atom. The fraction of sp³-hybridized carbons (Fsp3) is 0.471. The predicted octanol–water partition coefficient (Wildman–Crippen LogP) is 2.78. The monoisotopic (exact) mass is 317 g/mol. The van der Waals surface area contributed by atoms with E-state index in [4.69, 9.17) is 12.2 Å². The molecule has 0 radical (unpaired) electrons. The van der Waals surface area contributed by atoms with Crippen molar-refractivity contribution >= 4 is 28.2 Å². The molecular formula is C17H23N3OS. The summed E-state index contributed by atoms with van der Waals surface area (Å²) in [5.41, 5.74) is 1.29. The van der Waals surface area contributed by atoms with E-state index in [2.05, 4.69) is 36.3 Å². The molecule has 0 aliphatic carbocycles. The lowest BCUT2D eigenvalue weighted by Gasteiger charge is -2.49. The van der Waals surface area contributed by atoms with E-state index in [0.29, 0.717) is 18.1 Å². The molecule has 5 heteroatoms. The molecule has 1 atom stereocenters. The molecule has 0 amide bonds. The lowest BCUT2D eigenvalue weighted by molar-refractivity contribution is -0.0876. The van der Waals surface area contributed by atoms with Crippen LogP contribution in [0, 0.1) is 0 Å². The van der Waals surface area contributed by atoms with Gasteiger partial charge in [-0.05, 0) is 51.0 Å². The van der Waals surface area contributed by atoms with Gasteiger partial charge in [0.1, 0.15) is 5.72 Å². The molecule has 22 heavy (non-hydrogen) atoms. The van der Waals surface area contributed by atoms with E-state index in [1.165, 1.54) is 10.9 Å². The van der Waals surface area contributed by atoms with Crippen molar-refractivity contribution in [3.63, 3.8) is 0 Å². The first-order valence-corrected chi connectivity index (χ1v) is 8.06. The normalized spacial score (nSPS) is 24.5. The second-order valence-electron chi connectivity index (χ2n) is 6.97. The zero-order valence-electron chi connectivity index (χ0n) is 13.3. The molecule has 3 N–H and O–H groups in total. The third-order valence-electron chi connectivity index (χ3n) is 4.33. The standard InChI is InChI=1S/C17H23N3OS/c1-16(2)11-17(3,21)20(15(22)19-16)9-8-12-10-18-14-7-5-4-6-13(12)14/h4-7,10,18,21H,8-9,11H2,1-3H3,(H,19,22)/t17-/m1/s1. The number of hydrogen-bond acceptors (Lipinski definition) is 2. The molecular weight excluding hydrogens is 294 g/mol. The van der Waals surface area contributed by atoms with E-state index in [1.54, 1.807) is 0 Å². The maximum atomic E-state index is 10.8. The third kappa shape index (κ3) is 2.83. The molecule has 1 saturated heterocycles. The smallest absolute Gasteiger partial charge is 0.171 e. The number of H-pyrrole nitrogens is 1. The molecule has 0 spiro atoms. The van der Waals surface area contributed by atoms with E-state index >= 15 is 0 Å². The van der Waals surface area contributed by atoms with E-state index in [-0.39, 0.29) is 5.54 Å². The minimum Gasteiger partial charge on any atom is -0.371 e. The second-order valence-corrected chi connectivity index (χ2v) is 7.36. The lowest BCUT2D eigenvalue weighted by Crippen LogP contribution is -2.66. The highest BCUT2D eigenvalue weighted by atomic mass is 32.1. The number of nitrogens with zero attached hydrogens (tertiary/aromatic N) is 1. The number of nitrogens with one attached hydrogen (secondary N) is 2. The average molecular weight is 317 g/mol. The van der Waals surface area contributed by atoms with Crippen LogP contribution in [0.3, 0.4) is 0 Å². The summed E-state index contributed by atoms with van der Waals surface area (Å²) >= 11 is 5.46. The number of hydrogen-bond donors (Lipinski definition) is 3. The van der Waals surface area contributed by atoms with Gasteiger partial charge in [0.15, 0.2) is 5.11 Å². The molecule has 0 saturated carbocycles. The van der Waals surface area contributed by atoms with Crippen LogP contribution in [0.5, 0.6) is 0 Å². The number of benzene rings is 1. The van der Waals surface area contributed by atoms with Gasteiger partial charge in [0.2, 0.25) is 0 Å².